The van der Waals surface area contributed by atoms with Crippen LogP contribution in [-0.2, 0) is 11.2 Å². The molecule has 2 N–H and O–H groups in total. The predicted octanol–water partition coefficient (Wildman–Crippen LogP) is 1.05. The molecule has 2 atom stereocenters. The second kappa shape index (κ2) is 4.17. The predicted molar refractivity (Wildman–Crippen MR) is 52.7 cm³/mol. The van der Waals surface area contributed by atoms with E-state index in [2.05, 4.69) is 4.98 Å². The van der Waals surface area contributed by atoms with Gasteiger partial charge in [-0.1, -0.05) is 0 Å². The third-order valence-corrected chi connectivity index (χ3v) is 3.28. The van der Waals surface area contributed by atoms with Crippen molar-refractivity contribution in [3.8, 4) is 0 Å². The molecule has 4 heteroatoms. The van der Waals surface area contributed by atoms with Gasteiger partial charge in [-0.3, -0.25) is 4.98 Å². The number of aromatic nitrogens is 1. The molecule has 3 nitrogen and oxygen atoms in total. The summed E-state index contributed by atoms with van der Waals surface area (Å²) in [7, 11) is 0. The van der Waals surface area contributed by atoms with E-state index >= 15 is 0 Å². The molecule has 0 spiro atoms. The molecular formula is C9H14N2OS. The van der Waals surface area contributed by atoms with Crippen LogP contribution in [0, 0.1) is 5.92 Å². The molecule has 0 aliphatic carbocycles. The first-order valence-electron chi connectivity index (χ1n) is 4.57. The molecule has 1 aromatic rings. The van der Waals surface area contributed by atoms with E-state index in [1.807, 2.05) is 11.7 Å². The summed E-state index contributed by atoms with van der Waals surface area (Å²) < 4.78 is 5.41. The van der Waals surface area contributed by atoms with Crippen LogP contribution in [-0.4, -0.2) is 24.2 Å². The second-order valence-electron chi connectivity index (χ2n) is 3.46. The van der Waals surface area contributed by atoms with Crippen molar-refractivity contribution in [2.75, 3.05) is 13.2 Å². The molecule has 0 saturated carbocycles. The van der Waals surface area contributed by atoms with E-state index in [1.165, 1.54) is 4.88 Å². The zero-order valence-electron chi connectivity index (χ0n) is 7.48. The molecule has 1 aliphatic heterocycles. The van der Waals surface area contributed by atoms with Gasteiger partial charge in [0.2, 0.25) is 0 Å². The Bertz CT molecular complexity index is 250. The summed E-state index contributed by atoms with van der Waals surface area (Å²) in [6.07, 6.45) is 3.93. The Hall–Kier alpha value is -0.450. The lowest BCUT2D eigenvalue weighted by molar-refractivity contribution is 0.0425. The summed E-state index contributed by atoms with van der Waals surface area (Å²) in [5, 5.41) is 0. The van der Waals surface area contributed by atoms with E-state index < -0.39 is 0 Å². The highest BCUT2D eigenvalue weighted by molar-refractivity contribution is 7.09. The lowest BCUT2D eigenvalue weighted by atomic mass is 9.93. The van der Waals surface area contributed by atoms with E-state index in [-0.39, 0.29) is 0 Å². The van der Waals surface area contributed by atoms with Crippen molar-refractivity contribution in [3.63, 3.8) is 0 Å². The summed E-state index contributed by atoms with van der Waals surface area (Å²) in [5.74, 6) is 0.481. The smallest absolute Gasteiger partial charge is 0.0794 e. The molecule has 72 valence electrons. The molecule has 0 amide bonds. The van der Waals surface area contributed by atoms with Gasteiger partial charge in [0.05, 0.1) is 12.1 Å². The highest BCUT2D eigenvalue weighted by Crippen LogP contribution is 2.19. The summed E-state index contributed by atoms with van der Waals surface area (Å²) in [5.41, 5.74) is 7.87. The van der Waals surface area contributed by atoms with Gasteiger partial charge in [0.25, 0.3) is 0 Å². The number of nitrogens with two attached hydrogens (primary N) is 1. The maximum Gasteiger partial charge on any atom is 0.0794 e. The van der Waals surface area contributed by atoms with Crippen LogP contribution in [0.4, 0.5) is 0 Å². The SMILES string of the molecule is NC1CCOCC1Cc1cncs1. The molecular weight excluding hydrogens is 184 g/mol. The van der Waals surface area contributed by atoms with Gasteiger partial charge in [0.1, 0.15) is 0 Å². The fourth-order valence-electron chi connectivity index (χ4n) is 1.63. The zero-order chi connectivity index (χ0) is 9.10. The van der Waals surface area contributed by atoms with Crippen molar-refractivity contribution in [2.45, 2.75) is 18.9 Å². The summed E-state index contributed by atoms with van der Waals surface area (Å²) in [6.45, 7) is 1.62. The van der Waals surface area contributed by atoms with Crippen molar-refractivity contribution in [1.29, 1.82) is 0 Å². The topological polar surface area (TPSA) is 48.1 Å². The van der Waals surface area contributed by atoms with Crippen LogP contribution in [0.5, 0.6) is 0 Å². The summed E-state index contributed by atoms with van der Waals surface area (Å²) >= 11 is 1.70. The fraction of sp³-hybridized carbons (Fsp3) is 0.667. The molecule has 0 radical (unpaired) electrons. The molecule has 2 rings (SSSR count). The van der Waals surface area contributed by atoms with Gasteiger partial charge >= 0.3 is 0 Å². The van der Waals surface area contributed by atoms with E-state index in [1.54, 1.807) is 11.3 Å². The maximum absolute atomic E-state index is 6.00. The van der Waals surface area contributed by atoms with E-state index in [4.69, 9.17) is 10.5 Å². The molecule has 1 saturated heterocycles. The Morgan fingerprint density at radius 1 is 1.69 bits per heavy atom. The van der Waals surface area contributed by atoms with Gasteiger partial charge in [-0.05, 0) is 12.8 Å². The van der Waals surface area contributed by atoms with Crippen LogP contribution < -0.4 is 5.73 Å². The zero-order valence-corrected chi connectivity index (χ0v) is 8.30. The van der Waals surface area contributed by atoms with Gasteiger partial charge < -0.3 is 10.5 Å². The standard InChI is InChI=1S/C9H14N2OS/c10-9-1-2-12-5-7(9)3-8-4-11-6-13-8/h4,6-7,9H,1-3,5,10H2. The van der Waals surface area contributed by atoms with Crippen molar-refractivity contribution >= 4 is 11.3 Å². The Morgan fingerprint density at radius 2 is 2.62 bits per heavy atom. The van der Waals surface area contributed by atoms with Crippen LogP contribution in [0.15, 0.2) is 11.7 Å². The first-order valence-corrected chi connectivity index (χ1v) is 5.45. The van der Waals surface area contributed by atoms with E-state index in [9.17, 15) is 0 Å². The number of nitrogens with zero attached hydrogens (tertiary/aromatic N) is 1. The average molecular weight is 198 g/mol. The van der Waals surface area contributed by atoms with Gasteiger partial charge in [-0.15, -0.1) is 11.3 Å². The Kier molecular flexibility index (Phi) is 2.93. The molecule has 13 heavy (non-hydrogen) atoms. The van der Waals surface area contributed by atoms with Crippen molar-refractivity contribution in [2.24, 2.45) is 11.7 Å². The fourth-order valence-corrected chi connectivity index (χ4v) is 2.31. The Morgan fingerprint density at radius 3 is 3.31 bits per heavy atom. The molecule has 2 heterocycles. The van der Waals surface area contributed by atoms with Crippen LogP contribution in [0.3, 0.4) is 0 Å². The largest absolute Gasteiger partial charge is 0.381 e. The quantitative estimate of drug-likeness (QED) is 0.772. The third kappa shape index (κ3) is 2.27. The minimum Gasteiger partial charge on any atom is -0.381 e. The van der Waals surface area contributed by atoms with Crippen LogP contribution in [0.25, 0.3) is 0 Å². The van der Waals surface area contributed by atoms with Crippen molar-refractivity contribution in [3.05, 3.63) is 16.6 Å². The number of ether oxygens (including phenoxy) is 1. The van der Waals surface area contributed by atoms with Crippen molar-refractivity contribution < 1.29 is 4.74 Å². The third-order valence-electron chi connectivity index (χ3n) is 2.48. The summed E-state index contributed by atoms with van der Waals surface area (Å²) in [6, 6.07) is 0.302. The van der Waals surface area contributed by atoms with Crippen LogP contribution >= 0.6 is 11.3 Å². The number of hydrogen-bond donors (Lipinski definition) is 1. The molecule has 1 aliphatic rings. The number of hydrogen-bond acceptors (Lipinski definition) is 4. The number of thiazole rings is 1. The molecule has 1 fully saturated rings. The molecule has 1 aromatic heterocycles. The minimum absolute atomic E-state index is 0.302. The van der Waals surface area contributed by atoms with Gasteiger partial charge in [0, 0.05) is 29.6 Å². The molecule has 2 unspecified atom stereocenters. The highest BCUT2D eigenvalue weighted by Gasteiger charge is 2.22. The van der Waals surface area contributed by atoms with Crippen LogP contribution in [0.1, 0.15) is 11.3 Å². The van der Waals surface area contributed by atoms with Gasteiger partial charge in [-0.2, -0.15) is 0 Å². The lowest BCUT2D eigenvalue weighted by Gasteiger charge is -2.28. The first-order chi connectivity index (χ1) is 6.36. The maximum atomic E-state index is 6.00. The highest BCUT2D eigenvalue weighted by atomic mass is 32.1. The van der Waals surface area contributed by atoms with Crippen LogP contribution in [0.2, 0.25) is 0 Å². The Labute approximate surface area is 81.9 Å². The van der Waals surface area contributed by atoms with E-state index in [0.717, 1.165) is 26.1 Å². The minimum atomic E-state index is 0.302. The first kappa shape index (κ1) is 9.12. The van der Waals surface area contributed by atoms with Gasteiger partial charge in [-0.25, -0.2) is 0 Å². The molecule has 0 aromatic carbocycles. The second-order valence-corrected chi connectivity index (χ2v) is 4.43. The lowest BCUT2D eigenvalue weighted by Crippen LogP contribution is -2.39. The number of rotatable bonds is 2. The summed E-state index contributed by atoms with van der Waals surface area (Å²) in [4.78, 5) is 5.36. The van der Waals surface area contributed by atoms with Gasteiger partial charge in [0.15, 0.2) is 0 Å². The Balaban J connectivity index is 1.93. The molecule has 0 bridgehead atoms. The normalized spacial score (nSPS) is 29.0. The monoisotopic (exact) mass is 198 g/mol. The van der Waals surface area contributed by atoms with Crippen molar-refractivity contribution in [1.82, 2.24) is 4.98 Å². The average Bonchev–Trinajstić information content (AvgIpc) is 2.61. The van der Waals surface area contributed by atoms with E-state index in [0.29, 0.717) is 12.0 Å².